The Morgan fingerprint density at radius 1 is 1.24 bits per heavy atom. The van der Waals surface area contributed by atoms with Crippen molar-refractivity contribution in [3.05, 3.63) is 64.6 Å². The Bertz CT molecular complexity index is 977. The van der Waals surface area contributed by atoms with Gasteiger partial charge >= 0.3 is 0 Å². The van der Waals surface area contributed by atoms with E-state index in [0.29, 0.717) is 17.7 Å². The number of aryl methyl sites for hydroxylation is 2. The van der Waals surface area contributed by atoms with Crippen LogP contribution >= 0.6 is 0 Å². The minimum atomic E-state index is -0.317. The molecular formula is C20H19FN2O2. The number of carbonyl (C=O) groups excluding carboxylic acids is 1. The maximum Gasteiger partial charge on any atom is 0.268 e. The first-order chi connectivity index (χ1) is 12.0. The maximum absolute atomic E-state index is 13.3. The molecule has 1 aliphatic rings. The fourth-order valence-corrected chi connectivity index (χ4v) is 3.49. The van der Waals surface area contributed by atoms with Gasteiger partial charge in [-0.2, -0.15) is 0 Å². The van der Waals surface area contributed by atoms with E-state index >= 15 is 0 Å². The van der Waals surface area contributed by atoms with E-state index in [2.05, 4.69) is 22.4 Å². The average Bonchev–Trinajstić information content (AvgIpc) is 2.98. The first-order valence-electron chi connectivity index (χ1n) is 8.34. The van der Waals surface area contributed by atoms with E-state index in [1.807, 2.05) is 13.8 Å². The van der Waals surface area contributed by atoms with Gasteiger partial charge in [0.1, 0.15) is 17.3 Å². The zero-order valence-corrected chi connectivity index (χ0v) is 14.2. The number of amides is 1. The lowest BCUT2D eigenvalue weighted by molar-refractivity contribution is 0.0920. The number of aromatic nitrogens is 1. The molecule has 2 aromatic carbocycles. The third kappa shape index (κ3) is 2.86. The minimum absolute atomic E-state index is 0.0991. The summed E-state index contributed by atoms with van der Waals surface area (Å²) in [6.45, 7) is 4.62. The van der Waals surface area contributed by atoms with Gasteiger partial charge in [-0.1, -0.05) is 17.7 Å². The standard InChI is InChI=1S/C20H19FN2O2/c1-11-7-12(2)19-15(8-11)17(5-6-25-19)23-20(24)18-10-13-9-14(21)3-4-16(13)22-18/h3-4,7-10,17,22H,5-6H2,1-2H3,(H,23,24). The second kappa shape index (κ2) is 5.92. The van der Waals surface area contributed by atoms with Crippen LogP contribution in [0.2, 0.25) is 0 Å². The molecule has 0 saturated heterocycles. The molecule has 128 valence electrons. The second-order valence-corrected chi connectivity index (χ2v) is 6.58. The number of benzene rings is 2. The molecule has 0 bridgehead atoms. The number of H-pyrrole nitrogens is 1. The Balaban J connectivity index is 1.63. The summed E-state index contributed by atoms with van der Waals surface area (Å²) >= 11 is 0. The smallest absolute Gasteiger partial charge is 0.268 e. The quantitative estimate of drug-likeness (QED) is 0.736. The van der Waals surface area contributed by atoms with Crippen molar-refractivity contribution in [3.63, 3.8) is 0 Å². The molecular weight excluding hydrogens is 319 g/mol. The van der Waals surface area contributed by atoms with Crippen LogP contribution in [0.5, 0.6) is 5.75 Å². The minimum Gasteiger partial charge on any atom is -0.493 e. The van der Waals surface area contributed by atoms with Crippen LogP contribution in [0, 0.1) is 19.7 Å². The van der Waals surface area contributed by atoms with Crippen molar-refractivity contribution in [1.29, 1.82) is 0 Å². The Morgan fingerprint density at radius 3 is 2.92 bits per heavy atom. The molecule has 2 N–H and O–H groups in total. The third-order valence-corrected chi connectivity index (χ3v) is 4.61. The highest BCUT2D eigenvalue weighted by molar-refractivity contribution is 5.98. The van der Waals surface area contributed by atoms with E-state index in [1.54, 1.807) is 12.1 Å². The number of halogens is 1. The number of nitrogens with one attached hydrogen (secondary N) is 2. The van der Waals surface area contributed by atoms with Gasteiger partial charge < -0.3 is 15.0 Å². The van der Waals surface area contributed by atoms with Crippen LogP contribution in [0.25, 0.3) is 10.9 Å². The van der Waals surface area contributed by atoms with Gasteiger partial charge in [-0.05, 0) is 43.7 Å². The number of ether oxygens (including phenoxy) is 1. The summed E-state index contributed by atoms with van der Waals surface area (Å²) in [7, 11) is 0. The van der Waals surface area contributed by atoms with Gasteiger partial charge in [0.2, 0.25) is 0 Å². The van der Waals surface area contributed by atoms with Crippen molar-refractivity contribution in [2.45, 2.75) is 26.3 Å². The highest BCUT2D eigenvalue weighted by Crippen LogP contribution is 2.35. The number of hydrogen-bond acceptors (Lipinski definition) is 2. The molecule has 3 aromatic rings. The Hall–Kier alpha value is -2.82. The molecule has 1 aliphatic heterocycles. The molecule has 4 nitrogen and oxygen atoms in total. The molecule has 1 atom stereocenters. The van der Waals surface area contributed by atoms with Crippen LogP contribution in [-0.4, -0.2) is 17.5 Å². The molecule has 0 fully saturated rings. The van der Waals surface area contributed by atoms with E-state index in [4.69, 9.17) is 4.74 Å². The van der Waals surface area contributed by atoms with Crippen molar-refractivity contribution < 1.29 is 13.9 Å². The Labute approximate surface area is 145 Å². The van der Waals surface area contributed by atoms with Crippen LogP contribution < -0.4 is 10.1 Å². The van der Waals surface area contributed by atoms with E-state index in [0.717, 1.165) is 34.4 Å². The second-order valence-electron chi connectivity index (χ2n) is 6.58. The summed E-state index contributed by atoms with van der Waals surface area (Å²) in [6.07, 6.45) is 0.719. The van der Waals surface area contributed by atoms with Crippen molar-refractivity contribution in [3.8, 4) is 5.75 Å². The van der Waals surface area contributed by atoms with Crippen LogP contribution in [0.15, 0.2) is 36.4 Å². The lowest BCUT2D eigenvalue weighted by Crippen LogP contribution is -2.32. The summed E-state index contributed by atoms with van der Waals surface area (Å²) in [4.78, 5) is 15.7. The molecule has 4 rings (SSSR count). The van der Waals surface area contributed by atoms with Crippen molar-refractivity contribution in [2.24, 2.45) is 0 Å². The fourth-order valence-electron chi connectivity index (χ4n) is 3.49. The van der Waals surface area contributed by atoms with E-state index < -0.39 is 0 Å². The lowest BCUT2D eigenvalue weighted by Gasteiger charge is -2.28. The molecule has 5 heteroatoms. The third-order valence-electron chi connectivity index (χ3n) is 4.61. The van der Waals surface area contributed by atoms with Gasteiger partial charge in [-0.3, -0.25) is 4.79 Å². The summed E-state index contributed by atoms with van der Waals surface area (Å²) in [5.41, 5.74) is 4.40. The molecule has 25 heavy (non-hydrogen) atoms. The normalized spacial score (nSPS) is 16.4. The van der Waals surface area contributed by atoms with Crippen molar-refractivity contribution in [2.75, 3.05) is 6.61 Å². The number of aromatic amines is 1. The number of fused-ring (bicyclic) bond motifs is 2. The Kier molecular flexibility index (Phi) is 3.71. The lowest BCUT2D eigenvalue weighted by atomic mass is 9.95. The first kappa shape index (κ1) is 15.7. The van der Waals surface area contributed by atoms with E-state index in [1.165, 1.54) is 12.1 Å². The molecule has 1 amide bonds. The maximum atomic E-state index is 13.3. The van der Waals surface area contributed by atoms with Gasteiger partial charge in [-0.15, -0.1) is 0 Å². The zero-order chi connectivity index (χ0) is 17.6. The average molecular weight is 338 g/mol. The highest BCUT2D eigenvalue weighted by Gasteiger charge is 2.25. The monoisotopic (exact) mass is 338 g/mol. The largest absolute Gasteiger partial charge is 0.493 e. The van der Waals surface area contributed by atoms with Gasteiger partial charge in [0, 0.05) is 22.9 Å². The number of carbonyl (C=O) groups is 1. The van der Waals surface area contributed by atoms with Gasteiger partial charge in [0.25, 0.3) is 5.91 Å². The SMILES string of the molecule is Cc1cc(C)c2c(c1)C(NC(=O)c1cc3cc(F)ccc3[nH]1)CCO2. The summed E-state index contributed by atoms with van der Waals surface area (Å²) < 4.78 is 19.1. The summed E-state index contributed by atoms with van der Waals surface area (Å²) in [5.74, 6) is 0.345. The van der Waals surface area contributed by atoms with Crippen molar-refractivity contribution in [1.82, 2.24) is 10.3 Å². The number of rotatable bonds is 2. The van der Waals surface area contributed by atoms with Crippen molar-refractivity contribution >= 4 is 16.8 Å². The van der Waals surface area contributed by atoms with Gasteiger partial charge in [-0.25, -0.2) is 4.39 Å². The molecule has 1 unspecified atom stereocenters. The predicted octanol–water partition coefficient (Wildman–Crippen LogP) is 4.18. The molecule has 0 aliphatic carbocycles. The fraction of sp³-hybridized carbons (Fsp3) is 0.250. The molecule has 1 aromatic heterocycles. The van der Waals surface area contributed by atoms with Gasteiger partial charge in [0.05, 0.1) is 12.6 Å². The summed E-state index contributed by atoms with van der Waals surface area (Å²) in [6, 6.07) is 10.1. The van der Waals surface area contributed by atoms with Crippen LogP contribution in [0.3, 0.4) is 0 Å². The van der Waals surface area contributed by atoms with Gasteiger partial charge in [0.15, 0.2) is 0 Å². The van der Waals surface area contributed by atoms with Crippen LogP contribution in [0.4, 0.5) is 4.39 Å². The summed E-state index contributed by atoms with van der Waals surface area (Å²) in [5, 5.41) is 3.76. The van der Waals surface area contributed by atoms with E-state index in [9.17, 15) is 9.18 Å². The van der Waals surface area contributed by atoms with Crippen LogP contribution in [-0.2, 0) is 0 Å². The zero-order valence-electron chi connectivity index (χ0n) is 14.2. The van der Waals surface area contributed by atoms with Crippen LogP contribution in [0.1, 0.15) is 39.6 Å². The predicted molar refractivity (Wildman–Crippen MR) is 94.5 cm³/mol. The number of hydrogen-bond donors (Lipinski definition) is 2. The first-order valence-corrected chi connectivity index (χ1v) is 8.34. The molecule has 0 spiro atoms. The van der Waals surface area contributed by atoms with E-state index in [-0.39, 0.29) is 17.8 Å². The highest BCUT2D eigenvalue weighted by atomic mass is 19.1. The topological polar surface area (TPSA) is 54.1 Å². The molecule has 0 saturated carbocycles. The molecule has 0 radical (unpaired) electrons. The Morgan fingerprint density at radius 2 is 2.08 bits per heavy atom. The molecule has 2 heterocycles.